The van der Waals surface area contributed by atoms with Gasteiger partial charge in [0.1, 0.15) is 24.4 Å². The zero-order chi connectivity index (χ0) is 21.5. The van der Waals surface area contributed by atoms with Crippen LogP contribution in [0.1, 0.15) is 69.8 Å². The van der Waals surface area contributed by atoms with Gasteiger partial charge < -0.3 is 4.74 Å². The van der Waals surface area contributed by atoms with Crippen LogP contribution in [0, 0.1) is 23.7 Å². The van der Waals surface area contributed by atoms with Crippen LogP contribution in [0.15, 0.2) is 24.3 Å². The summed E-state index contributed by atoms with van der Waals surface area (Å²) in [5, 5.41) is 3.91. The standard InChI is InChI=1S/C28H41N3O/c1-32-26-11-8-20(9-12-26)17-25-19-31-27(22-5-3-2-4-6-22)18-29-28(31)30(25)14-13-24-16-21-7-10-23(24)15-21/h8-9,11-12,21-25,27H,2-7,10,13-19H2,1H3/p+1/t21?,23?,24?,25-,27-/m1/s1. The van der Waals surface area contributed by atoms with Crippen molar-refractivity contribution in [2.24, 2.45) is 23.7 Å². The Balaban J connectivity index is 1.18. The van der Waals surface area contributed by atoms with Gasteiger partial charge >= 0.3 is 5.96 Å². The van der Waals surface area contributed by atoms with Crippen molar-refractivity contribution in [3.63, 3.8) is 0 Å². The summed E-state index contributed by atoms with van der Waals surface area (Å²) in [5.74, 6) is 6.41. The van der Waals surface area contributed by atoms with Gasteiger partial charge in [-0.1, -0.05) is 37.8 Å². The lowest BCUT2D eigenvalue weighted by molar-refractivity contribution is -0.559. The smallest absolute Gasteiger partial charge is 0.349 e. The maximum Gasteiger partial charge on any atom is 0.349 e. The summed E-state index contributed by atoms with van der Waals surface area (Å²) in [6.45, 7) is 3.61. The molecule has 3 unspecified atom stereocenters. The minimum atomic E-state index is 0.593. The molecule has 0 amide bonds. The van der Waals surface area contributed by atoms with Crippen molar-refractivity contribution >= 4 is 5.96 Å². The third-order valence-electron chi connectivity index (χ3n) is 9.71. The third-order valence-corrected chi connectivity index (χ3v) is 9.71. The highest BCUT2D eigenvalue weighted by Gasteiger charge is 2.48. The molecule has 5 aliphatic rings. The molecule has 4 nitrogen and oxygen atoms in total. The maximum absolute atomic E-state index is 5.39. The molecular formula is C28H42N3O+. The Hall–Kier alpha value is -1.71. The van der Waals surface area contributed by atoms with E-state index < -0.39 is 0 Å². The van der Waals surface area contributed by atoms with Gasteiger partial charge in [-0.2, -0.15) is 0 Å². The molecule has 6 rings (SSSR count). The van der Waals surface area contributed by atoms with Crippen LogP contribution in [0.4, 0.5) is 0 Å². The van der Waals surface area contributed by atoms with Gasteiger partial charge in [-0.05, 0) is 79.9 Å². The van der Waals surface area contributed by atoms with Crippen molar-refractivity contribution in [3.05, 3.63) is 29.8 Å². The van der Waals surface area contributed by atoms with Gasteiger partial charge in [0.2, 0.25) is 0 Å². The number of ether oxygens (including phenoxy) is 1. The molecule has 3 fully saturated rings. The van der Waals surface area contributed by atoms with Gasteiger partial charge in [0.05, 0.1) is 20.2 Å². The number of nitrogens with one attached hydrogen (secondary N) is 1. The molecule has 2 heterocycles. The molecule has 4 heteroatoms. The Bertz CT molecular complexity index is 828. The fourth-order valence-corrected chi connectivity index (χ4v) is 8.02. The molecule has 0 saturated heterocycles. The molecule has 32 heavy (non-hydrogen) atoms. The van der Waals surface area contributed by atoms with Gasteiger partial charge in [0.15, 0.2) is 0 Å². The molecule has 0 spiro atoms. The molecule has 1 aromatic carbocycles. The molecule has 174 valence electrons. The molecule has 1 N–H and O–H groups in total. The lowest BCUT2D eigenvalue weighted by Crippen LogP contribution is -2.46. The Morgan fingerprint density at radius 3 is 2.56 bits per heavy atom. The van der Waals surface area contributed by atoms with E-state index in [9.17, 15) is 0 Å². The van der Waals surface area contributed by atoms with Crippen LogP contribution in [0.3, 0.4) is 0 Å². The summed E-state index contributed by atoms with van der Waals surface area (Å²) in [6, 6.07) is 10.1. The Labute approximate surface area is 194 Å². The largest absolute Gasteiger partial charge is 0.497 e. The van der Waals surface area contributed by atoms with Crippen molar-refractivity contribution in [2.45, 2.75) is 82.7 Å². The van der Waals surface area contributed by atoms with E-state index in [0.29, 0.717) is 6.04 Å². The highest BCUT2D eigenvalue weighted by atomic mass is 16.5. The molecule has 5 atom stereocenters. The predicted molar refractivity (Wildman–Crippen MR) is 129 cm³/mol. The normalized spacial score (nSPS) is 34.3. The summed E-state index contributed by atoms with van der Waals surface area (Å²) < 4.78 is 8.19. The van der Waals surface area contributed by atoms with Crippen LogP contribution in [0.25, 0.3) is 0 Å². The van der Waals surface area contributed by atoms with Gasteiger partial charge in [0.25, 0.3) is 0 Å². The molecule has 0 aromatic heterocycles. The van der Waals surface area contributed by atoms with Crippen LogP contribution in [0.5, 0.6) is 5.75 Å². The fourth-order valence-electron chi connectivity index (χ4n) is 8.02. The highest BCUT2D eigenvalue weighted by Crippen LogP contribution is 2.49. The molecule has 2 bridgehead atoms. The van der Waals surface area contributed by atoms with Crippen molar-refractivity contribution in [3.8, 4) is 5.75 Å². The van der Waals surface area contributed by atoms with Gasteiger partial charge in [0, 0.05) is 6.42 Å². The third kappa shape index (κ3) is 3.92. The van der Waals surface area contributed by atoms with E-state index in [1.165, 1.54) is 95.4 Å². The Morgan fingerprint density at radius 1 is 1.00 bits per heavy atom. The Morgan fingerprint density at radius 2 is 1.84 bits per heavy atom. The van der Waals surface area contributed by atoms with Crippen LogP contribution in [-0.2, 0) is 6.42 Å². The quantitative estimate of drug-likeness (QED) is 0.630. The van der Waals surface area contributed by atoms with Gasteiger partial charge in [-0.25, -0.2) is 0 Å². The second-order valence-corrected chi connectivity index (χ2v) is 11.4. The first kappa shape index (κ1) is 20.9. The first-order valence-corrected chi connectivity index (χ1v) is 13.6. The van der Waals surface area contributed by atoms with Crippen molar-refractivity contribution in [1.82, 2.24) is 10.2 Å². The van der Waals surface area contributed by atoms with Crippen molar-refractivity contribution < 1.29 is 9.31 Å². The number of guanidine groups is 1. The number of methoxy groups -OCH3 is 1. The maximum atomic E-state index is 5.39. The lowest BCUT2D eigenvalue weighted by Gasteiger charge is -2.28. The van der Waals surface area contributed by atoms with Gasteiger partial charge in [-0.3, -0.25) is 14.8 Å². The molecular weight excluding hydrogens is 394 g/mol. The minimum Gasteiger partial charge on any atom is -0.497 e. The average Bonchev–Trinajstić information content (AvgIpc) is 3.61. The van der Waals surface area contributed by atoms with E-state index in [2.05, 4.69) is 39.1 Å². The van der Waals surface area contributed by atoms with Crippen LogP contribution < -0.4 is 10.1 Å². The summed E-state index contributed by atoms with van der Waals surface area (Å²) >= 11 is 0. The minimum absolute atomic E-state index is 0.593. The van der Waals surface area contributed by atoms with E-state index in [0.717, 1.165) is 41.9 Å². The summed E-state index contributed by atoms with van der Waals surface area (Å²) in [7, 11) is 1.76. The number of fused-ring (bicyclic) bond motifs is 2. The van der Waals surface area contributed by atoms with E-state index in [1.54, 1.807) is 7.11 Å². The summed E-state index contributed by atoms with van der Waals surface area (Å²) in [5.41, 5.74) is 1.44. The van der Waals surface area contributed by atoms with Crippen molar-refractivity contribution in [2.75, 3.05) is 26.7 Å². The number of rotatable bonds is 7. The van der Waals surface area contributed by atoms with Crippen molar-refractivity contribution in [1.29, 1.82) is 0 Å². The van der Waals surface area contributed by atoms with Crippen LogP contribution >= 0.6 is 0 Å². The topological polar surface area (TPSA) is 27.5 Å². The molecule has 3 aliphatic carbocycles. The summed E-state index contributed by atoms with van der Waals surface area (Å²) in [4.78, 5) is 2.79. The van der Waals surface area contributed by atoms with Crippen LogP contribution in [-0.4, -0.2) is 54.3 Å². The summed E-state index contributed by atoms with van der Waals surface area (Å²) in [6.07, 6.45) is 15.8. The monoisotopic (exact) mass is 436 g/mol. The second kappa shape index (κ2) is 8.91. The molecule has 0 radical (unpaired) electrons. The molecule has 2 aliphatic heterocycles. The van der Waals surface area contributed by atoms with E-state index >= 15 is 0 Å². The highest BCUT2D eigenvalue weighted by molar-refractivity contribution is 5.78. The molecule has 3 saturated carbocycles. The number of hydrogen-bond acceptors (Lipinski definition) is 3. The number of benzene rings is 1. The average molecular weight is 437 g/mol. The first-order chi connectivity index (χ1) is 15.8. The number of nitrogens with zero attached hydrogens (tertiary/aromatic N) is 2. The van der Waals surface area contributed by atoms with E-state index in [-0.39, 0.29) is 0 Å². The predicted octanol–water partition coefficient (Wildman–Crippen LogP) is 4.67. The fraction of sp³-hybridized carbons (Fsp3) is 0.750. The van der Waals surface area contributed by atoms with Crippen LogP contribution in [0.2, 0.25) is 0 Å². The molecule has 1 aromatic rings. The van der Waals surface area contributed by atoms with E-state index in [1.807, 2.05) is 0 Å². The first-order valence-electron chi connectivity index (χ1n) is 13.6. The van der Waals surface area contributed by atoms with Gasteiger partial charge in [-0.15, -0.1) is 0 Å². The SMILES string of the molecule is COc1ccc(C[C@@H]2C[N+]3=C(NC[C@@H]3C3CCCCC3)N2CCC2CC3CCC2C3)cc1. The zero-order valence-corrected chi connectivity index (χ0v) is 20.0. The lowest BCUT2D eigenvalue weighted by atomic mass is 9.83. The zero-order valence-electron chi connectivity index (χ0n) is 20.0. The number of hydrogen-bond donors (Lipinski definition) is 1. The Kier molecular flexibility index (Phi) is 5.81. The van der Waals surface area contributed by atoms with E-state index in [4.69, 9.17) is 4.74 Å². The second-order valence-electron chi connectivity index (χ2n) is 11.4.